The number of nitrogens with two attached hydrogens (primary N) is 1. The van der Waals surface area contributed by atoms with Crippen LogP contribution in [0.15, 0.2) is 16.7 Å². The summed E-state index contributed by atoms with van der Waals surface area (Å²) in [6.07, 6.45) is 1.98. The van der Waals surface area contributed by atoms with Crippen molar-refractivity contribution in [1.29, 1.82) is 0 Å². The van der Waals surface area contributed by atoms with Crippen LogP contribution in [0.3, 0.4) is 0 Å². The van der Waals surface area contributed by atoms with Crippen molar-refractivity contribution in [3.8, 4) is 0 Å². The van der Waals surface area contributed by atoms with E-state index < -0.39 is 10.0 Å². The van der Waals surface area contributed by atoms with Crippen molar-refractivity contribution >= 4 is 31.8 Å². The molecule has 5 nitrogen and oxygen atoms in total. The Morgan fingerprint density at radius 1 is 1.56 bits per heavy atom. The summed E-state index contributed by atoms with van der Waals surface area (Å²) in [5.74, 6) is 0.376. The highest BCUT2D eigenvalue weighted by Gasteiger charge is 2.12. The molecule has 90 valence electrons. The predicted molar refractivity (Wildman–Crippen MR) is 67.8 cm³/mol. The molecule has 0 fully saturated rings. The van der Waals surface area contributed by atoms with Gasteiger partial charge in [0.05, 0.1) is 5.75 Å². The summed E-state index contributed by atoms with van der Waals surface area (Å²) in [7, 11) is -3.34. The maximum atomic E-state index is 11.6. The second-order valence-electron chi connectivity index (χ2n) is 3.38. The van der Waals surface area contributed by atoms with E-state index in [2.05, 4.69) is 25.6 Å². The molecule has 16 heavy (non-hydrogen) atoms. The lowest BCUT2D eigenvalue weighted by molar-refractivity contribution is 0.598. The molecule has 0 aliphatic rings. The molecule has 0 amide bonds. The highest BCUT2D eigenvalue weighted by Crippen LogP contribution is 2.17. The van der Waals surface area contributed by atoms with E-state index in [9.17, 15) is 8.42 Å². The summed E-state index contributed by atoms with van der Waals surface area (Å²) in [5.41, 5.74) is 6.03. The maximum Gasteiger partial charge on any atom is 0.233 e. The summed E-state index contributed by atoms with van der Waals surface area (Å²) in [4.78, 5) is 4.00. The van der Waals surface area contributed by atoms with Gasteiger partial charge in [-0.2, -0.15) is 0 Å². The van der Waals surface area contributed by atoms with Crippen molar-refractivity contribution in [3.63, 3.8) is 0 Å². The first kappa shape index (κ1) is 13.4. The summed E-state index contributed by atoms with van der Waals surface area (Å²) in [6, 6.07) is 1.80. The van der Waals surface area contributed by atoms with E-state index in [1.54, 1.807) is 19.2 Å². The lowest BCUT2D eigenvalue weighted by Crippen LogP contribution is -2.20. The fourth-order valence-corrected chi connectivity index (χ4v) is 2.72. The Kier molecular flexibility index (Phi) is 4.69. The molecule has 3 N–H and O–H groups in total. The standard InChI is InChI=1S/C9H14BrN3O2S/c1-7-5-8(10)6-12-9(7)13-16(14,15)4-2-3-11/h5-6H,2-4,11H2,1H3,(H,12,13). The van der Waals surface area contributed by atoms with E-state index in [0.29, 0.717) is 18.8 Å². The molecule has 0 spiro atoms. The third-order valence-corrected chi connectivity index (χ3v) is 3.68. The zero-order chi connectivity index (χ0) is 12.2. The number of hydrogen-bond acceptors (Lipinski definition) is 4. The van der Waals surface area contributed by atoms with Crippen LogP contribution in [0.1, 0.15) is 12.0 Å². The van der Waals surface area contributed by atoms with Gasteiger partial charge in [0.1, 0.15) is 5.82 Å². The molecule has 7 heteroatoms. The fourth-order valence-electron chi connectivity index (χ4n) is 1.12. The van der Waals surface area contributed by atoms with E-state index in [1.165, 1.54) is 0 Å². The van der Waals surface area contributed by atoms with Crippen LogP contribution in [0.2, 0.25) is 0 Å². The second-order valence-corrected chi connectivity index (χ2v) is 6.14. The molecule has 0 saturated heterocycles. The molecule has 1 aromatic heterocycles. The van der Waals surface area contributed by atoms with Crippen LogP contribution in [0.5, 0.6) is 0 Å². The first-order chi connectivity index (χ1) is 7.44. The Bertz CT molecular complexity index is 462. The van der Waals surface area contributed by atoms with Crippen molar-refractivity contribution in [2.45, 2.75) is 13.3 Å². The molecule has 0 saturated carbocycles. The monoisotopic (exact) mass is 307 g/mol. The van der Waals surface area contributed by atoms with E-state index >= 15 is 0 Å². The molecule has 1 rings (SSSR count). The van der Waals surface area contributed by atoms with Gasteiger partial charge in [0.25, 0.3) is 0 Å². The highest BCUT2D eigenvalue weighted by molar-refractivity contribution is 9.10. The number of aryl methyl sites for hydroxylation is 1. The van der Waals surface area contributed by atoms with Crippen molar-refractivity contribution in [1.82, 2.24) is 4.98 Å². The Morgan fingerprint density at radius 3 is 2.81 bits per heavy atom. The van der Waals surface area contributed by atoms with Crippen LogP contribution in [0.25, 0.3) is 0 Å². The average Bonchev–Trinajstić information content (AvgIpc) is 2.19. The van der Waals surface area contributed by atoms with Gasteiger partial charge >= 0.3 is 0 Å². The molecule has 1 heterocycles. The lowest BCUT2D eigenvalue weighted by Gasteiger charge is -2.09. The van der Waals surface area contributed by atoms with Crippen LogP contribution < -0.4 is 10.5 Å². The Balaban J connectivity index is 2.80. The Hall–Kier alpha value is -0.660. The average molecular weight is 308 g/mol. The minimum absolute atomic E-state index is 0.0146. The van der Waals surface area contributed by atoms with Crippen LogP contribution in [0, 0.1) is 6.92 Å². The van der Waals surface area contributed by atoms with E-state index in [1.807, 2.05) is 0 Å². The number of hydrogen-bond donors (Lipinski definition) is 2. The molecular formula is C9H14BrN3O2S. The zero-order valence-corrected chi connectivity index (χ0v) is 11.3. The molecule has 0 aliphatic carbocycles. The summed E-state index contributed by atoms with van der Waals surface area (Å²) < 4.78 is 26.4. The fraction of sp³-hybridized carbons (Fsp3) is 0.444. The van der Waals surface area contributed by atoms with E-state index in [-0.39, 0.29) is 5.75 Å². The quantitative estimate of drug-likeness (QED) is 0.857. The largest absolute Gasteiger partial charge is 0.330 e. The normalized spacial score (nSPS) is 11.4. The number of nitrogens with zero attached hydrogens (tertiary/aromatic N) is 1. The molecule has 0 aliphatic heterocycles. The molecule has 0 aromatic carbocycles. The lowest BCUT2D eigenvalue weighted by atomic mass is 10.3. The van der Waals surface area contributed by atoms with Gasteiger partial charge in [-0.3, -0.25) is 4.72 Å². The topological polar surface area (TPSA) is 85.1 Å². The van der Waals surface area contributed by atoms with Gasteiger partial charge < -0.3 is 5.73 Å². The third-order valence-electron chi connectivity index (χ3n) is 1.91. The van der Waals surface area contributed by atoms with Crippen molar-refractivity contribution < 1.29 is 8.42 Å². The van der Waals surface area contributed by atoms with Gasteiger partial charge in [0.15, 0.2) is 0 Å². The molecule has 0 unspecified atom stereocenters. The van der Waals surface area contributed by atoms with Gasteiger partial charge in [-0.05, 0) is 47.4 Å². The number of rotatable bonds is 5. The Labute approximate surface area is 104 Å². The minimum atomic E-state index is -3.34. The van der Waals surface area contributed by atoms with Gasteiger partial charge in [-0.25, -0.2) is 13.4 Å². The summed E-state index contributed by atoms with van der Waals surface area (Å²) in [6.45, 7) is 2.15. The zero-order valence-electron chi connectivity index (χ0n) is 8.90. The number of aromatic nitrogens is 1. The maximum absolute atomic E-state index is 11.6. The van der Waals surface area contributed by atoms with Crippen LogP contribution in [-0.4, -0.2) is 25.7 Å². The molecular weight excluding hydrogens is 294 g/mol. The van der Waals surface area contributed by atoms with Crippen LogP contribution in [0.4, 0.5) is 5.82 Å². The second kappa shape index (κ2) is 5.60. The van der Waals surface area contributed by atoms with Gasteiger partial charge in [0.2, 0.25) is 10.0 Å². The highest BCUT2D eigenvalue weighted by atomic mass is 79.9. The van der Waals surface area contributed by atoms with Crippen LogP contribution >= 0.6 is 15.9 Å². The number of pyridine rings is 1. The summed E-state index contributed by atoms with van der Waals surface area (Å²) in [5, 5.41) is 0. The molecule has 0 atom stereocenters. The van der Waals surface area contributed by atoms with Crippen molar-refractivity contribution in [3.05, 3.63) is 22.3 Å². The van der Waals surface area contributed by atoms with Crippen molar-refractivity contribution in [2.24, 2.45) is 5.73 Å². The predicted octanol–water partition coefficient (Wildman–Crippen LogP) is 1.24. The molecule has 0 bridgehead atoms. The minimum Gasteiger partial charge on any atom is -0.330 e. The first-order valence-corrected chi connectivity index (χ1v) is 7.22. The smallest absolute Gasteiger partial charge is 0.233 e. The molecule has 1 aromatic rings. The van der Waals surface area contributed by atoms with Gasteiger partial charge in [-0.1, -0.05) is 0 Å². The molecule has 0 radical (unpaired) electrons. The number of anilines is 1. The summed E-state index contributed by atoms with van der Waals surface area (Å²) >= 11 is 3.26. The number of sulfonamides is 1. The van der Waals surface area contributed by atoms with E-state index in [4.69, 9.17) is 5.73 Å². The van der Waals surface area contributed by atoms with E-state index in [0.717, 1.165) is 10.0 Å². The number of nitrogens with one attached hydrogen (secondary N) is 1. The van der Waals surface area contributed by atoms with Gasteiger partial charge in [0, 0.05) is 10.7 Å². The Morgan fingerprint density at radius 2 is 2.25 bits per heavy atom. The van der Waals surface area contributed by atoms with Crippen molar-refractivity contribution in [2.75, 3.05) is 17.0 Å². The number of halogens is 1. The SMILES string of the molecule is Cc1cc(Br)cnc1NS(=O)(=O)CCCN. The first-order valence-electron chi connectivity index (χ1n) is 4.77. The van der Waals surface area contributed by atoms with Crippen LogP contribution in [-0.2, 0) is 10.0 Å². The third kappa shape index (κ3) is 4.07. The van der Waals surface area contributed by atoms with Gasteiger partial charge in [-0.15, -0.1) is 0 Å².